The lowest BCUT2D eigenvalue weighted by Crippen LogP contribution is -2.19. The number of methoxy groups -OCH3 is 1. The van der Waals surface area contributed by atoms with Crippen molar-refractivity contribution in [3.05, 3.63) is 22.4 Å². The number of nitrogens with one attached hydrogen (secondary N) is 1. The van der Waals surface area contributed by atoms with Gasteiger partial charge in [0.2, 0.25) is 0 Å². The summed E-state index contributed by atoms with van der Waals surface area (Å²) in [6, 6.07) is 4.06. The number of hydrogen-bond acceptors (Lipinski definition) is 4. The zero-order chi connectivity index (χ0) is 9.68. The van der Waals surface area contributed by atoms with Crippen molar-refractivity contribution < 1.29 is 9.53 Å². The number of esters is 1. The first-order chi connectivity index (χ1) is 6.27. The maximum absolute atomic E-state index is 11.0. The van der Waals surface area contributed by atoms with Crippen LogP contribution in [0.25, 0.3) is 0 Å². The number of hydrogen-bond donors (Lipinski definition) is 1. The standard InChI is InChI=1S/C9H13NO2S/c1-10-7(6-9(11)12-2)8-4-3-5-13-8/h3-5,7,10H,6H2,1-2H3. The first-order valence-corrected chi connectivity index (χ1v) is 4.93. The molecule has 0 saturated carbocycles. The molecule has 1 N–H and O–H groups in total. The van der Waals surface area contributed by atoms with E-state index in [-0.39, 0.29) is 12.0 Å². The number of carbonyl (C=O) groups is 1. The molecule has 0 aliphatic rings. The van der Waals surface area contributed by atoms with Gasteiger partial charge in [-0.05, 0) is 18.5 Å². The van der Waals surface area contributed by atoms with E-state index < -0.39 is 0 Å². The average molecular weight is 199 g/mol. The maximum atomic E-state index is 11.0. The molecule has 0 aromatic carbocycles. The molecule has 13 heavy (non-hydrogen) atoms. The third-order valence-electron chi connectivity index (χ3n) is 1.83. The summed E-state index contributed by atoms with van der Waals surface area (Å²) in [5.74, 6) is -0.187. The molecule has 4 heteroatoms. The fourth-order valence-electron chi connectivity index (χ4n) is 1.08. The highest BCUT2D eigenvalue weighted by molar-refractivity contribution is 7.10. The van der Waals surface area contributed by atoms with Gasteiger partial charge in [-0.25, -0.2) is 0 Å². The van der Waals surface area contributed by atoms with Crippen LogP contribution in [0, 0.1) is 0 Å². The van der Waals surface area contributed by atoms with E-state index in [1.165, 1.54) is 7.11 Å². The van der Waals surface area contributed by atoms with Crippen molar-refractivity contribution in [2.45, 2.75) is 12.5 Å². The number of thiophene rings is 1. The van der Waals surface area contributed by atoms with Crippen molar-refractivity contribution in [1.82, 2.24) is 5.32 Å². The van der Waals surface area contributed by atoms with Crippen LogP contribution in [0.3, 0.4) is 0 Å². The number of carbonyl (C=O) groups excluding carboxylic acids is 1. The normalized spacial score (nSPS) is 12.5. The van der Waals surface area contributed by atoms with Crippen molar-refractivity contribution in [3.63, 3.8) is 0 Å². The minimum absolute atomic E-state index is 0.0763. The van der Waals surface area contributed by atoms with Gasteiger partial charge >= 0.3 is 5.97 Å². The van der Waals surface area contributed by atoms with Gasteiger partial charge in [0.15, 0.2) is 0 Å². The van der Waals surface area contributed by atoms with Crippen molar-refractivity contribution >= 4 is 17.3 Å². The number of rotatable bonds is 4. The van der Waals surface area contributed by atoms with Crippen LogP contribution in [0.4, 0.5) is 0 Å². The Kier molecular flexibility index (Phi) is 3.92. The molecule has 0 aliphatic carbocycles. The van der Waals surface area contributed by atoms with E-state index in [1.807, 2.05) is 24.6 Å². The van der Waals surface area contributed by atoms with Crippen molar-refractivity contribution in [3.8, 4) is 0 Å². The summed E-state index contributed by atoms with van der Waals surface area (Å²) in [4.78, 5) is 12.2. The van der Waals surface area contributed by atoms with Gasteiger partial charge in [0.1, 0.15) is 0 Å². The van der Waals surface area contributed by atoms with Crippen molar-refractivity contribution in [1.29, 1.82) is 0 Å². The van der Waals surface area contributed by atoms with E-state index in [1.54, 1.807) is 11.3 Å². The monoisotopic (exact) mass is 199 g/mol. The Morgan fingerprint density at radius 2 is 2.54 bits per heavy atom. The van der Waals surface area contributed by atoms with Gasteiger partial charge in [0, 0.05) is 4.88 Å². The van der Waals surface area contributed by atoms with E-state index in [4.69, 9.17) is 0 Å². The van der Waals surface area contributed by atoms with E-state index in [0.717, 1.165) is 4.88 Å². The van der Waals surface area contributed by atoms with Crippen LogP contribution in [0.5, 0.6) is 0 Å². The number of ether oxygens (including phenoxy) is 1. The molecular weight excluding hydrogens is 186 g/mol. The second kappa shape index (κ2) is 4.99. The van der Waals surface area contributed by atoms with Gasteiger partial charge in [0.25, 0.3) is 0 Å². The molecule has 0 saturated heterocycles. The SMILES string of the molecule is CNC(CC(=O)OC)c1cccs1. The summed E-state index contributed by atoms with van der Waals surface area (Å²) in [7, 11) is 3.25. The first kappa shape index (κ1) is 10.2. The zero-order valence-electron chi connectivity index (χ0n) is 7.74. The quantitative estimate of drug-likeness (QED) is 0.748. The highest BCUT2D eigenvalue weighted by Gasteiger charge is 2.14. The summed E-state index contributed by atoms with van der Waals surface area (Å²) in [6.45, 7) is 0. The minimum atomic E-state index is -0.187. The molecule has 0 amide bonds. The van der Waals surface area contributed by atoms with Crippen LogP contribution in [0.15, 0.2) is 17.5 Å². The molecular formula is C9H13NO2S. The third-order valence-corrected chi connectivity index (χ3v) is 2.82. The molecule has 1 rings (SSSR count). The fraction of sp³-hybridized carbons (Fsp3) is 0.444. The summed E-state index contributed by atoms with van der Waals surface area (Å²) in [6.07, 6.45) is 0.382. The lowest BCUT2D eigenvalue weighted by Gasteiger charge is -2.12. The van der Waals surface area contributed by atoms with Crippen LogP contribution >= 0.6 is 11.3 Å². The molecule has 1 aromatic heterocycles. The molecule has 0 aliphatic heterocycles. The van der Waals surface area contributed by atoms with Crippen LogP contribution in [-0.4, -0.2) is 20.1 Å². The lowest BCUT2D eigenvalue weighted by molar-refractivity contribution is -0.141. The summed E-state index contributed by atoms with van der Waals surface area (Å²) in [5.41, 5.74) is 0. The van der Waals surface area contributed by atoms with Gasteiger partial charge in [-0.15, -0.1) is 11.3 Å². The predicted molar refractivity (Wildman–Crippen MR) is 52.8 cm³/mol. The van der Waals surface area contributed by atoms with Crippen LogP contribution in [0.2, 0.25) is 0 Å². The van der Waals surface area contributed by atoms with Crippen LogP contribution < -0.4 is 5.32 Å². The van der Waals surface area contributed by atoms with Crippen molar-refractivity contribution in [2.75, 3.05) is 14.2 Å². The largest absolute Gasteiger partial charge is 0.469 e. The Balaban J connectivity index is 2.58. The fourth-order valence-corrected chi connectivity index (χ4v) is 1.92. The first-order valence-electron chi connectivity index (χ1n) is 4.05. The molecule has 1 atom stereocenters. The molecule has 0 fully saturated rings. The molecule has 0 radical (unpaired) electrons. The Hall–Kier alpha value is -0.870. The van der Waals surface area contributed by atoms with Gasteiger partial charge in [0.05, 0.1) is 19.6 Å². The maximum Gasteiger partial charge on any atom is 0.307 e. The van der Waals surface area contributed by atoms with Gasteiger partial charge in [-0.1, -0.05) is 6.07 Å². The molecule has 0 spiro atoms. The van der Waals surface area contributed by atoms with Crippen molar-refractivity contribution in [2.24, 2.45) is 0 Å². The van der Waals surface area contributed by atoms with Gasteiger partial charge < -0.3 is 10.1 Å². The second-order valence-electron chi connectivity index (χ2n) is 2.64. The summed E-state index contributed by atoms with van der Waals surface area (Å²) >= 11 is 1.64. The van der Waals surface area contributed by atoms with Gasteiger partial charge in [-0.3, -0.25) is 4.79 Å². The third kappa shape index (κ3) is 2.82. The Morgan fingerprint density at radius 3 is 3.00 bits per heavy atom. The smallest absolute Gasteiger partial charge is 0.307 e. The highest BCUT2D eigenvalue weighted by Crippen LogP contribution is 2.21. The van der Waals surface area contributed by atoms with Crippen LogP contribution in [0.1, 0.15) is 17.3 Å². The second-order valence-corrected chi connectivity index (χ2v) is 3.62. The molecule has 1 aromatic rings. The zero-order valence-corrected chi connectivity index (χ0v) is 8.56. The lowest BCUT2D eigenvalue weighted by atomic mass is 10.2. The topological polar surface area (TPSA) is 38.3 Å². The Labute approximate surface area is 81.7 Å². The molecule has 3 nitrogen and oxygen atoms in total. The van der Waals surface area contributed by atoms with E-state index in [9.17, 15) is 4.79 Å². The molecule has 0 bridgehead atoms. The average Bonchev–Trinajstić information content (AvgIpc) is 2.66. The van der Waals surface area contributed by atoms with E-state index in [2.05, 4.69) is 10.1 Å². The summed E-state index contributed by atoms with van der Waals surface area (Å²) < 4.78 is 4.61. The predicted octanol–water partition coefficient (Wildman–Crippen LogP) is 1.57. The Morgan fingerprint density at radius 1 is 1.77 bits per heavy atom. The minimum Gasteiger partial charge on any atom is -0.469 e. The van der Waals surface area contributed by atoms with Crippen LogP contribution in [-0.2, 0) is 9.53 Å². The molecule has 1 heterocycles. The molecule has 1 unspecified atom stereocenters. The summed E-state index contributed by atoms with van der Waals surface area (Å²) in [5, 5.41) is 5.08. The van der Waals surface area contributed by atoms with E-state index >= 15 is 0 Å². The van der Waals surface area contributed by atoms with Gasteiger partial charge in [-0.2, -0.15) is 0 Å². The van der Waals surface area contributed by atoms with E-state index in [0.29, 0.717) is 6.42 Å². The Bertz CT molecular complexity index is 259. The molecule has 72 valence electrons. The highest BCUT2D eigenvalue weighted by atomic mass is 32.1.